The Kier molecular flexibility index (Phi) is 5.52. The number of benzene rings is 2. The van der Waals surface area contributed by atoms with Gasteiger partial charge in [0.2, 0.25) is 0 Å². The van der Waals surface area contributed by atoms with Gasteiger partial charge >= 0.3 is 7.12 Å². The van der Waals surface area contributed by atoms with Crippen LogP contribution in [0.3, 0.4) is 0 Å². The molecule has 156 valence electrons. The third-order valence-corrected chi connectivity index (χ3v) is 4.93. The molecule has 0 unspecified atom stereocenters. The van der Waals surface area contributed by atoms with E-state index in [4.69, 9.17) is 20.4 Å². The van der Waals surface area contributed by atoms with Crippen molar-refractivity contribution in [2.24, 2.45) is 0 Å². The number of hydrogen-bond acceptors (Lipinski definition) is 8. The molecule has 10 nitrogen and oxygen atoms in total. The molecule has 1 aliphatic heterocycles. The number of nitrogens with two attached hydrogens (primary N) is 1. The van der Waals surface area contributed by atoms with Crippen molar-refractivity contribution in [1.82, 2.24) is 20.0 Å². The molecule has 3 heterocycles. The van der Waals surface area contributed by atoms with Crippen molar-refractivity contribution in [3.05, 3.63) is 54.5 Å². The van der Waals surface area contributed by atoms with Crippen LogP contribution < -0.4 is 15.9 Å². The van der Waals surface area contributed by atoms with Crippen LogP contribution in [0.25, 0.3) is 27.7 Å². The van der Waals surface area contributed by atoms with Gasteiger partial charge in [-0.25, -0.2) is 4.68 Å². The van der Waals surface area contributed by atoms with Crippen LogP contribution in [-0.4, -0.2) is 55.3 Å². The van der Waals surface area contributed by atoms with Crippen LogP contribution in [0.1, 0.15) is 5.69 Å². The minimum absolute atomic E-state index is 0.250. The van der Waals surface area contributed by atoms with E-state index in [1.165, 1.54) is 6.20 Å². The number of carbonyl (C=O) groups is 1. The largest absolute Gasteiger partial charge is 0.491 e. The number of rotatable bonds is 2. The fourth-order valence-electron chi connectivity index (χ4n) is 3.56. The minimum Gasteiger partial charge on any atom is -0.491 e. The van der Waals surface area contributed by atoms with Crippen molar-refractivity contribution in [3.8, 4) is 22.6 Å². The average molecular weight is 419 g/mol. The van der Waals surface area contributed by atoms with Crippen LogP contribution in [0, 0.1) is 0 Å². The van der Waals surface area contributed by atoms with E-state index < -0.39 is 7.12 Å². The molecule has 0 saturated carbocycles. The topological polar surface area (TPSA) is 157 Å². The molecule has 0 spiro atoms. The molecular formula is C20H18BN5O5. The second-order valence-corrected chi connectivity index (χ2v) is 6.76. The molecule has 4 aromatic rings. The zero-order valence-electron chi connectivity index (χ0n) is 16.2. The smallest absolute Gasteiger partial charge is 0.488 e. The van der Waals surface area contributed by atoms with Gasteiger partial charge in [-0.05, 0) is 35.3 Å². The highest BCUT2D eigenvalue weighted by atomic mass is 16.5. The standard InChI is InChI=1S/C19H16BN5O3.CH2O2/c21-16-10-22-24-17-7-11(1-2-14(16)17)15-8-12(20(26)27)9-18-19(15)25-13(3-5-23-25)4-6-28-18;2-1-3/h1-3,5,7-10,26-27H,4,6H2,(H2,21,24);1H,(H,2,3). The summed E-state index contributed by atoms with van der Waals surface area (Å²) >= 11 is 0. The van der Waals surface area contributed by atoms with Crippen LogP contribution in [0.2, 0.25) is 0 Å². The summed E-state index contributed by atoms with van der Waals surface area (Å²) < 4.78 is 7.75. The van der Waals surface area contributed by atoms with Crippen LogP contribution in [0.4, 0.5) is 5.69 Å². The van der Waals surface area contributed by atoms with Gasteiger partial charge in [0.05, 0.1) is 24.0 Å². The Bertz CT molecular complexity index is 1260. The van der Waals surface area contributed by atoms with Crippen LogP contribution in [-0.2, 0) is 11.2 Å². The van der Waals surface area contributed by atoms with Crippen LogP contribution >= 0.6 is 0 Å². The molecule has 2 aromatic heterocycles. The number of nitrogen functional groups attached to an aromatic ring is 1. The van der Waals surface area contributed by atoms with E-state index in [0.717, 1.165) is 27.9 Å². The van der Waals surface area contributed by atoms with Crippen molar-refractivity contribution in [2.75, 3.05) is 12.3 Å². The second-order valence-electron chi connectivity index (χ2n) is 6.76. The third-order valence-electron chi connectivity index (χ3n) is 4.93. The summed E-state index contributed by atoms with van der Waals surface area (Å²) in [5.74, 6) is 0.543. The molecule has 0 aliphatic carbocycles. The quantitative estimate of drug-likeness (QED) is 0.266. The van der Waals surface area contributed by atoms with E-state index in [2.05, 4.69) is 15.3 Å². The normalized spacial score (nSPS) is 11.9. The van der Waals surface area contributed by atoms with Gasteiger partial charge in [-0.1, -0.05) is 12.1 Å². The second kappa shape index (κ2) is 8.42. The first-order valence-corrected chi connectivity index (χ1v) is 9.32. The predicted molar refractivity (Wildman–Crippen MR) is 114 cm³/mol. The fourth-order valence-corrected chi connectivity index (χ4v) is 3.56. The molecule has 31 heavy (non-hydrogen) atoms. The van der Waals surface area contributed by atoms with E-state index >= 15 is 0 Å². The maximum Gasteiger partial charge on any atom is 0.488 e. The Morgan fingerprint density at radius 1 is 1.19 bits per heavy atom. The molecule has 11 heteroatoms. The van der Waals surface area contributed by atoms with Crippen molar-refractivity contribution in [1.29, 1.82) is 0 Å². The van der Waals surface area contributed by atoms with Gasteiger partial charge in [-0.3, -0.25) is 4.79 Å². The summed E-state index contributed by atoms with van der Waals surface area (Å²) in [4.78, 5) is 8.36. The van der Waals surface area contributed by atoms with Gasteiger partial charge in [0.1, 0.15) is 11.4 Å². The molecule has 5 N–H and O–H groups in total. The van der Waals surface area contributed by atoms with Gasteiger partial charge < -0.3 is 25.6 Å². The SMILES string of the molecule is Nc1cnnc2cc(-c3cc(B(O)O)cc4c3-n3nccc3CCO4)ccc12.O=CO. The highest BCUT2D eigenvalue weighted by Crippen LogP contribution is 2.36. The van der Waals surface area contributed by atoms with E-state index in [9.17, 15) is 10.0 Å². The molecule has 0 saturated heterocycles. The molecule has 5 rings (SSSR count). The van der Waals surface area contributed by atoms with Gasteiger partial charge in [0.15, 0.2) is 0 Å². The summed E-state index contributed by atoms with van der Waals surface area (Å²) in [6, 6.07) is 11.0. The van der Waals surface area contributed by atoms with Gasteiger partial charge in [0, 0.05) is 29.3 Å². The van der Waals surface area contributed by atoms with E-state index in [1.807, 2.05) is 28.9 Å². The maximum absolute atomic E-state index is 9.77. The highest BCUT2D eigenvalue weighted by Gasteiger charge is 2.24. The predicted octanol–water partition coefficient (Wildman–Crippen LogP) is 0.380. The Labute approximate surface area is 176 Å². The van der Waals surface area contributed by atoms with Crippen molar-refractivity contribution in [2.45, 2.75) is 6.42 Å². The maximum atomic E-state index is 9.77. The molecule has 0 amide bonds. The zero-order chi connectivity index (χ0) is 22.0. The van der Waals surface area contributed by atoms with Crippen LogP contribution in [0.5, 0.6) is 5.75 Å². The minimum atomic E-state index is -1.62. The zero-order valence-corrected chi connectivity index (χ0v) is 16.2. The number of nitrogens with zero attached hydrogens (tertiary/aromatic N) is 4. The number of ether oxygens (including phenoxy) is 1. The lowest BCUT2D eigenvalue weighted by Gasteiger charge is -2.17. The van der Waals surface area contributed by atoms with Crippen molar-refractivity contribution in [3.63, 3.8) is 0 Å². The molecule has 0 bridgehead atoms. The summed E-state index contributed by atoms with van der Waals surface area (Å²) in [7, 11) is -1.62. The Morgan fingerprint density at radius 2 is 2.00 bits per heavy atom. The van der Waals surface area contributed by atoms with Gasteiger partial charge in [0.25, 0.3) is 6.47 Å². The Hall–Kier alpha value is -3.96. The number of hydrogen-bond donors (Lipinski definition) is 4. The fraction of sp³-hybridized carbons (Fsp3) is 0.100. The summed E-state index contributed by atoms with van der Waals surface area (Å²) in [6.45, 7) is 0.225. The van der Waals surface area contributed by atoms with Crippen molar-refractivity contribution >= 4 is 35.6 Å². The van der Waals surface area contributed by atoms with E-state index in [-0.39, 0.29) is 6.47 Å². The highest BCUT2D eigenvalue weighted by molar-refractivity contribution is 6.58. The number of carboxylic acid groups (broad SMARTS) is 1. The number of aromatic nitrogens is 4. The number of fused-ring (bicyclic) bond motifs is 4. The first kappa shape index (κ1) is 20.3. The van der Waals surface area contributed by atoms with Gasteiger partial charge in [-0.2, -0.15) is 15.3 Å². The molecular weight excluding hydrogens is 401 g/mol. The molecule has 0 fully saturated rings. The lowest BCUT2D eigenvalue weighted by molar-refractivity contribution is -0.122. The summed E-state index contributed by atoms with van der Waals surface area (Å²) in [5, 5.41) is 39.8. The first-order valence-electron chi connectivity index (χ1n) is 9.32. The van der Waals surface area contributed by atoms with Gasteiger partial charge in [-0.15, -0.1) is 0 Å². The van der Waals surface area contributed by atoms with E-state index in [1.54, 1.807) is 18.3 Å². The van der Waals surface area contributed by atoms with Crippen LogP contribution in [0.15, 0.2) is 48.8 Å². The Balaban J connectivity index is 0.000000730. The molecule has 0 atom stereocenters. The average Bonchev–Trinajstić information content (AvgIpc) is 3.14. The first-order chi connectivity index (χ1) is 15.0. The van der Waals surface area contributed by atoms with Crippen molar-refractivity contribution < 1.29 is 24.7 Å². The lowest BCUT2D eigenvalue weighted by Crippen LogP contribution is -2.30. The summed E-state index contributed by atoms with van der Waals surface area (Å²) in [6.07, 6.45) is 3.96. The molecule has 0 radical (unpaired) electrons. The molecule has 2 aromatic carbocycles. The number of anilines is 1. The lowest BCUT2D eigenvalue weighted by atomic mass is 9.78. The monoisotopic (exact) mass is 419 g/mol. The van der Waals surface area contributed by atoms with E-state index in [0.29, 0.717) is 35.4 Å². The Morgan fingerprint density at radius 3 is 2.77 bits per heavy atom. The molecule has 1 aliphatic rings. The summed E-state index contributed by atoms with van der Waals surface area (Å²) in [5.41, 5.74) is 10.9. The third kappa shape index (κ3) is 3.79.